The number of furan rings is 1. The Labute approximate surface area is 357 Å². The molecule has 0 radical (unpaired) electrons. The van der Waals surface area contributed by atoms with Gasteiger partial charge in [-0.05, 0) is 109 Å². The monoisotopic (exact) mass is 785 g/mol. The first-order valence-electron chi connectivity index (χ1n) is 21.7. The largest absolute Gasteiger partial charge is 0.456 e. The molecule has 0 fully saturated rings. The summed E-state index contributed by atoms with van der Waals surface area (Å²) in [6, 6.07) is 80.1. The number of para-hydroxylation sites is 1. The second kappa shape index (κ2) is 11.5. The van der Waals surface area contributed by atoms with E-state index in [2.05, 4.69) is 217 Å². The summed E-state index contributed by atoms with van der Waals surface area (Å²) in [7, 11) is 0. The van der Waals surface area contributed by atoms with E-state index in [1.807, 2.05) is 0 Å². The average molecular weight is 786 g/mol. The highest BCUT2D eigenvalue weighted by atomic mass is 16.3. The van der Waals surface area contributed by atoms with Crippen molar-refractivity contribution in [1.29, 1.82) is 0 Å². The van der Waals surface area contributed by atoms with E-state index in [-0.39, 0.29) is 0 Å². The highest BCUT2D eigenvalue weighted by Crippen LogP contribution is 2.68. The number of hydrogen-bond acceptors (Lipinski definition) is 1. The van der Waals surface area contributed by atoms with E-state index >= 15 is 0 Å². The number of fused-ring (bicyclic) bond motifs is 24. The maximum absolute atomic E-state index is 6.41. The van der Waals surface area contributed by atoms with Gasteiger partial charge in [0.15, 0.2) is 0 Å². The molecule has 10 aromatic carbocycles. The van der Waals surface area contributed by atoms with Crippen LogP contribution in [0.15, 0.2) is 217 Å². The molecule has 2 spiro atoms. The standard InChI is InChI=1S/C60H35NO/c1-2-16-38-36(15-1)29-31-44-45-34-53-54(35-55(45)61(58(38)44)37-30-32-57-46(33-37)43-21-7-14-28-56(43)62-57)60(49-24-10-5-19-41(49)42-20-6-11-25-50(42)60)52-27-13-12-26-51(52)59(53)47-22-8-3-17-39(47)40-18-4-9-23-48(40)59/h1-35H. The van der Waals surface area contributed by atoms with Crippen LogP contribution in [-0.2, 0) is 10.8 Å². The zero-order valence-corrected chi connectivity index (χ0v) is 33.6. The Kier molecular flexibility index (Phi) is 6.07. The van der Waals surface area contributed by atoms with E-state index in [0.717, 1.165) is 27.6 Å². The van der Waals surface area contributed by atoms with Crippen LogP contribution in [0.4, 0.5) is 0 Å². The van der Waals surface area contributed by atoms with Crippen molar-refractivity contribution in [3.05, 3.63) is 257 Å². The van der Waals surface area contributed by atoms with Gasteiger partial charge in [0.05, 0.1) is 21.9 Å². The first-order chi connectivity index (χ1) is 30.8. The molecule has 0 atom stereocenters. The van der Waals surface area contributed by atoms with Gasteiger partial charge in [-0.2, -0.15) is 0 Å². The molecule has 0 saturated carbocycles. The lowest BCUT2D eigenvalue weighted by Gasteiger charge is -2.49. The molecule has 2 aromatic heterocycles. The van der Waals surface area contributed by atoms with Crippen LogP contribution < -0.4 is 0 Å². The molecule has 3 aliphatic rings. The molecule has 2 heterocycles. The van der Waals surface area contributed by atoms with Gasteiger partial charge in [-0.1, -0.05) is 176 Å². The molecule has 2 nitrogen and oxygen atoms in total. The van der Waals surface area contributed by atoms with Gasteiger partial charge in [0.1, 0.15) is 11.2 Å². The van der Waals surface area contributed by atoms with E-state index in [9.17, 15) is 0 Å². The van der Waals surface area contributed by atoms with Gasteiger partial charge < -0.3 is 8.98 Å². The topological polar surface area (TPSA) is 18.1 Å². The van der Waals surface area contributed by atoms with Crippen molar-refractivity contribution in [2.75, 3.05) is 0 Å². The molecular weight excluding hydrogens is 751 g/mol. The van der Waals surface area contributed by atoms with Gasteiger partial charge >= 0.3 is 0 Å². The molecule has 0 N–H and O–H groups in total. The summed E-state index contributed by atoms with van der Waals surface area (Å²) in [4.78, 5) is 0. The van der Waals surface area contributed by atoms with Gasteiger partial charge in [-0.15, -0.1) is 0 Å². The van der Waals surface area contributed by atoms with E-state index in [0.29, 0.717) is 0 Å². The lowest BCUT2D eigenvalue weighted by molar-refractivity contribution is 0.634. The predicted octanol–water partition coefficient (Wildman–Crippen LogP) is 14.9. The minimum atomic E-state index is -0.584. The lowest BCUT2D eigenvalue weighted by Crippen LogP contribution is -2.43. The Morgan fingerprint density at radius 2 is 0.790 bits per heavy atom. The second-order valence-corrected chi connectivity index (χ2v) is 17.4. The summed E-state index contributed by atoms with van der Waals surface area (Å²) >= 11 is 0. The molecule has 12 aromatic rings. The van der Waals surface area contributed by atoms with Crippen LogP contribution in [-0.4, -0.2) is 4.57 Å². The summed E-state index contributed by atoms with van der Waals surface area (Å²) in [6.07, 6.45) is 0. The van der Waals surface area contributed by atoms with Crippen molar-refractivity contribution < 1.29 is 4.42 Å². The van der Waals surface area contributed by atoms with Crippen LogP contribution in [0.1, 0.15) is 44.5 Å². The number of hydrogen-bond donors (Lipinski definition) is 0. The Bertz CT molecular complexity index is 3860. The van der Waals surface area contributed by atoms with Crippen LogP contribution >= 0.6 is 0 Å². The SMILES string of the molecule is c1ccc2c(c1)-c1ccccc1C21c2ccccc2C2(c3ccccc3-c3ccccc32)c2cc3c(cc21)c1ccc2ccccc2c1n3-c1ccc2oc3ccccc3c2c1. The molecule has 3 aliphatic carbocycles. The van der Waals surface area contributed by atoms with Gasteiger partial charge in [-0.3, -0.25) is 0 Å². The van der Waals surface area contributed by atoms with Crippen LogP contribution in [0, 0.1) is 0 Å². The fourth-order valence-electron chi connectivity index (χ4n) is 12.6. The van der Waals surface area contributed by atoms with Crippen molar-refractivity contribution >= 4 is 54.5 Å². The molecule has 0 amide bonds. The zero-order chi connectivity index (χ0) is 40.3. The molecule has 2 heteroatoms. The Balaban J connectivity index is 1.19. The zero-order valence-electron chi connectivity index (χ0n) is 33.6. The summed E-state index contributed by atoms with van der Waals surface area (Å²) < 4.78 is 8.96. The number of benzene rings is 10. The van der Waals surface area contributed by atoms with Crippen molar-refractivity contribution in [2.24, 2.45) is 0 Å². The molecule has 62 heavy (non-hydrogen) atoms. The van der Waals surface area contributed by atoms with E-state index in [1.54, 1.807) is 0 Å². The normalized spacial score (nSPS) is 14.7. The quantitative estimate of drug-likeness (QED) is 0.162. The lowest BCUT2D eigenvalue weighted by atomic mass is 9.52. The summed E-state index contributed by atoms with van der Waals surface area (Å²) in [5, 5.41) is 7.19. The summed E-state index contributed by atoms with van der Waals surface area (Å²) in [6.45, 7) is 0. The van der Waals surface area contributed by atoms with Crippen molar-refractivity contribution in [3.8, 4) is 27.9 Å². The number of aromatic nitrogens is 1. The van der Waals surface area contributed by atoms with Crippen molar-refractivity contribution in [2.45, 2.75) is 10.8 Å². The molecule has 286 valence electrons. The minimum absolute atomic E-state index is 0.565. The Morgan fingerprint density at radius 1 is 0.306 bits per heavy atom. The maximum atomic E-state index is 6.41. The number of rotatable bonds is 1. The smallest absolute Gasteiger partial charge is 0.135 e. The third kappa shape index (κ3) is 3.72. The molecule has 0 saturated heterocycles. The fourth-order valence-corrected chi connectivity index (χ4v) is 12.6. The summed E-state index contributed by atoms with van der Waals surface area (Å²) in [5.74, 6) is 0. The van der Waals surface area contributed by atoms with E-state index < -0.39 is 10.8 Å². The fraction of sp³-hybridized carbons (Fsp3) is 0.0333. The molecule has 0 bridgehead atoms. The highest BCUT2D eigenvalue weighted by molar-refractivity contribution is 6.19. The predicted molar refractivity (Wildman–Crippen MR) is 254 cm³/mol. The first-order valence-corrected chi connectivity index (χ1v) is 21.7. The van der Waals surface area contributed by atoms with E-state index in [4.69, 9.17) is 4.42 Å². The second-order valence-electron chi connectivity index (χ2n) is 17.4. The Morgan fingerprint density at radius 3 is 1.40 bits per heavy atom. The average Bonchev–Trinajstić information content (AvgIpc) is 4.05. The van der Waals surface area contributed by atoms with E-state index in [1.165, 1.54) is 99.3 Å². The van der Waals surface area contributed by atoms with Gasteiger partial charge in [0, 0.05) is 32.6 Å². The van der Waals surface area contributed by atoms with Gasteiger partial charge in [0.2, 0.25) is 0 Å². The maximum Gasteiger partial charge on any atom is 0.135 e. The summed E-state index contributed by atoms with van der Waals surface area (Å²) in [5.41, 5.74) is 20.1. The Hall–Kier alpha value is -7.94. The first kappa shape index (κ1) is 32.9. The molecule has 0 unspecified atom stereocenters. The van der Waals surface area contributed by atoms with Crippen LogP contribution in [0.5, 0.6) is 0 Å². The third-order valence-corrected chi connectivity index (χ3v) is 14.9. The molecular formula is C60H35NO. The van der Waals surface area contributed by atoms with Gasteiger partial charge in [0.25, 0.3) is 0 Å². The van der Waals surface area contributed by atoms with Crippen LogP contribution in [0.3, 0.4) is 0 Å². The van der Waals surface area contributed by atoms with Gasteiger partial charge in [-0.25, -0.2) is 0 Å². The third-order valence-electron chi connectivity index (χ3n) is 14.9. The number of nitrogens with zero attached hydrogens (tertiary/aromatic N) is 1. The van der Waals surface area contributed by atoms with Crippen molar-refractivity contribution in [1.82, 2.24) is 4.57 Å². The van der Waals surface area contributed by atoms with Crippen molar-refractivity contribution in [3.63, 3.8) is 0 Å². The molecule has 0 aliphatic heterocycles. The minimum Gasteiger partial charge on any atom is -0.456 e. The van der Waals surface area contributed by atoms with Crippen LogP contribution in [0.25, 0.3) is 82.5 Å². The molecule has 15 rings (SSSR count). The highest BCUT2D eigenvalue weighted by Gasteiger charge is 2.59. The van der Waals surface area contributed by atoms with Crippen LogP contribution in [0.2, 0.25) is 0 Å².